The molecule has 2 heterocycles. The summed E-state index contributed by atoms with van der Waals surface area (Å²) < 4.78 is 5.40. The lowest BCUT2D eigenvalue weighted by Crippen LogP contribution is -2.55. The standard InChI is InChI=1S/C21H20N2O4/c1-21-12-17(19(25)27-13-15-8-4-2-5-9-15)22(14-21)20(26)23(21)18(24)16-10-6-3-7-11-16/h2-11,17H,12-14H2,1H3/t17-,21-/m1/s1. The van der Waals surface area contributed by atoms with Crippen LogP contribution in [0.15, 0.2) is 60.7 Å². The first-order chi connectivity index (χ1) is 13.0. The highest BCUT2D eigenvalue weighted by molar-refractivity contribution is 6.07. The van der Waals surface area contributed by atoms with E-state index in [1.807, 2.05) is 43.3 Å². The van der Waals surface area contributed by atoms with Gasteiger partial charge < -0.3 is 9.64 Å². The molecule has 138 valence electrons. The third-order valence-electron chi connectivity index (χ3n) is 5.22. The minimum absolute atomic E-state index is 0.168. The summed E-state index contributed by atoms with van der Waals surface area (Å²) in [7, 11) is 0. The Hall–Kier alpha value is -3.15. The number of imide groups is 1. The summed E-state index contributed by atoms with van der Waals surface area (Å²) >= 11 is 0. The van der Waals surface area contributed by atoms with Gasteiger partial charge in [0.05, 0.1) is 5.54 Å². The van der Waals surface area contributed by atoms with Gasteiger partial charge in [-0.1, -0.05) is 48.5 Å². The second-order valence-electron chi connectivity index (χ2n) is 7.23. The molecule has 0 aliphatic carbocycles. The van der Waals surface area contributed by atoms with Crippen molar-refractivity contribution >= 4 is 17.9 Å². The number of esters is 1. The Balaban J connectivity index is 1.46. The lowest BCUT2D eigenvalue weighted by atomic mass is 9.95. The Morgan fingerprint density at radius 3 is 2.33 bits per heavy atom. The zero-order chi connectivity index (χ0) is 19.0. The van der Waals surface area contributed by atoms with E-state index in [0.717, 1.165) is 5.56 Å². The number of hydrogen-bond donors (Lipinski definition) is 0. The monoisotopic (exact) mass is 364 g/mol. The average Bonchev–Trinajstić information content (AvgIpc) is 3.17. The fourth-order valence-electron chi connectivity index (χ4n) is 3.87. The van der Waals surface area contributed by atoms with Gasteiger partial charge in [-0.15, -0.1) is 0 Å². The first-order valence-electron chi connectivity index (χ1n) is 8.90. The maximum Gasteiger partial charge on any atom is 0.329 e. The van der Waals surface area contributed by atoms with E-state index in [1.165, 1.54) is 9.80 Å². The van der Waals surface area contributed by atoms with Crippen LogP contribution in [0.5, 0.6) is 0 Å². The van der Waals surface area contributed by atoms with E-state index in [9.17, 15) is 14.4 Å². The van der Waals surface area contributed by atoms with Crippen molar-refractivity contribution in [1.29, 1.82) is 0 Å². The van der Waals surface area contributed by atoms with Crippen molar-refractivity contribution in [2.75, 3.05) is 6.54 Å². The molecule has 2 fully saturated rings. The highest BCUT2D eigenvalue weighted by Gasteiger charge is 2.60. The maximum atomic E-state index is 12.8. The summed E-state index contributed by atoms with van der Waals surface area (Å²) in [6.45, 7) is 2.35. The van der Waals surface area contributed by atoms with Crippen molar-refractivity contribution in [2.45, 2.75) is 31.5 Å². The molecular formula is C21H20N2O4. The number of benzene rings is 2. The number of fused-ring (bicyclic) bond motifs is 2. The first kappa shape index (κ1) is 17.3. The van der Waals surface area contributed by atoms with Gasteiger partial charge in [-0.2, -0.15) is 0 Å². The second kappa shape index (κ2) is 6.54. The lowest BCUT2D eigenvalue weighted by molar-refractivity contribution is -0.150. The van der Waals surface area contributed by atoms with Crippen LogP contribution in [0.4, 0.5) is 4.79 Å². The van der Waals surface area contributed by atoms with Crippen molar-refractivity contribution in [3.05, 3.63) is 71.8 Å². The fourth-order valence-corrected chi connectivity index (χ4v) is 3.87. The number of urea groups is 1. The molecule has 0 N–H and O–H groups in total. The average molecular weight is 364 g/mol. The highest BCUT2D eigenvalue weighted by atomic mass is 16.5. The van der Waals surface area contributed by atoms with Crippen molar-refractivity contribution < 1.29 is 19.1 Å². The third kappa shape index (κ3) is 2.97. The van der Waals surface area contributed by atoms with Crippen molar-refractivity contribution in [3.63, 3.8) is 0 Å². The molecule has 2 aromatic rings. The molecule has 0 radical (unpaired) electrons. The van der Waals surface area contributed by atoms with Crippen LogP contribution in [0.2, 0.25) is 0 Å². The normalized spacial score (nSPS) is 23.6. The van der Waals surface area contributed by atoms with Crippen LogP contribution in [-0.2, 0) is 16.1 Å². The minimum atomic E-state index is -0.708. The van der Waals surface area contributed by atoms with Gasteiger partial charge in [0.1, 0.15) is 12.6 Å². The molecule has 4 rings (SSSR count). The van der Waals surface area contributed by atoms with Crippen LogP contribution in [0.3, 0.4) is 0 Å². The molecule has 0 spiro atoms. The molecular weight excluding hydrogens is 344 g/mol. The third-order valence-corrected chi connectivity index (χ3v) is 5.22. The quantitative estimate of drug-likeness (QED) is 0.783. The summed E-state index contributed by atoms with van der Waals surface area (Å²) in [5.74, 6) is -0.760. The molecule has 0 aromatic heterocycles. The second-order valence-corrected chi connectivity index (χ2v) is 7.23. The van der Waals surface area contributed by atoms with Gasteiger partial charge in [-0.25, -0.2) is 9.59 Å². The van der Waals surface area contributed by atoms with Crippen molar-refractivity contribution in [3.8, 4) is 0 Å². The highest BCUT2D eigenvalue weighted by Crippen LogP contribution is 2.41. The topological polar surface area (TPSA) is 66.9 Å². The van der Waals surface area contributed by atoms with Crippen LogP contribution in [0, 0.1) is 0 Å². The largest absolute Gasteiger partial charge is 0.459 e. The Kier molecular flexibility index (Phi) is 4.18. The number of ether oxygens (including phenoxy) is 1. The van der Waals surface area contributed by atoms with E-state index in [1.54, 1.807) is 24.3 Å². The molecule has 2 saturated heterocycles. The maximum absolute atomic E-state index is 12.8. The van der Waals surface area contributed by atoms with Gasteiger partial charge >= 0.3 is 12.0 Å². The molecule has 2 bridgehead atoms. The molecule has 2 aliphatic rings. The molecule has 27 heavy (non-hydrogen) atoms. The molecule has 2 atom stereocenters. The fraction of sp³-hybridized carbons (Fsp3) is 0.286. The van der Waals surface area contributed by atoms with E-state index < -0.39 is 23.6 Å². The van der Waals surface area contributed by atoms with Gasteiger partial charge in [-0.3, -0.25) is 9.69 Å². The van der Waals surface area contributed by atoms with E-state index in [2.05, 4.69) is 0 Å². The number of hydrogen-bond acceptors (Lipinski definition) is 4. The number of rotatable bonds is 4. The molecule has 6 heteroatoms. The number of amides is 3. The SMILES string of the molecule is C[C@@]12C[C@H](C(=O)OCc3ccccc3)N(C1)C(=O)N2C(=O)c1ccccc1. The molecule has 2 aromatic carbocycles. The van der Waals surface area contributed by atoms with Crippen LogP contribution < -0.4 is 0 Å². The molecule has 2 aliphatic heterocycles. The smallest absolute Gasteiger partial charge is 0.329 e. The Morgan fingerprint density at radius 1 is 1.07 bits per heavy atom. The van der Waals surface area contributed by atoms with Crippen LogP contribution in [0.1, 0.15) is 29.3 Å². The molecule has 0 saturated carbocycles. The predicted octanol–water partition coefficient (Wildman–Crippen LogP) is 2.84. The Morgan fingerprint density at radius 2 is 1.70 bits per heavy atom. The van der Waals surface area contributed by atoms with E-state index in [4.69, 9.17) is 4.74 Å². The number of carbonyl (C=O) groups is 3. The van der Waals surface area contributed by atoms with Gasteiger partial charge in [0.15, 0.2) is 0 Å². The van der Waals surface area contributed by atoms with Crippen LogP contribution in [0.25, 0.3) is 0 Å². The Labute approximate surface area is 157 Å². The van der Waals surface area contributed by atoms with E-state index >= 15 is 0 Å². The summed E-state index contributed by atoms with van der Waals surface area (Å²) in [5, 5.41) is 0. The first-order valence-corrected chi connectivity index (χ1v) is 8.90. The van der Waals surface area contributed by atoms with Crippen molar-refractivity contribution in [2.24, 2.45) is 0 Å². The van der Waals surface area contributed by atoms with E-state index in [0.29, 0.717) is 18.5 Å². The molecule has 3 amide bonds. The minimum Gasteiger partial charge on any atom is -0.459 e. The number of nitrogens with zero attached hydrogens (tertiary/aromatic N) is 2. The van der Waals surface area contributed by atoms with Crippen molar-refractivity contribution in [1.82, 2.24) is 9.80 Å². The lowest BCUT2D eigenvalue weighted by Gasteiger charge is -2.35. The summed E-state index contributed by atoms with van der Waals surface area (Å²) in [6.07, 6.45) is 0.380. The summed E-state index contributed by atoms with van der Waals surface area (Å²) in [4.78, 5) is 40.9. The zero-order valence-corrected chi connectivity index (χ0v) is 15.0. The summed E-state index contributed by atoms with van der Waals surface area (Å²) in [5.41, 5.74) is 0.645. The number of carbonyl (C=O) groups excluding carboxylic acids is 3. The molecule has 6 nitrogen and oxygen atoms in total. The summed E-state index contributed by atoms with van der Waals surface area (Å²) in [6, 6.07) is 17.0. The predicted molar refractivity (Wildman–Crippen MR) is 97.8 cm³/mol. The van der Waals surface area contributed by atoms with Crippen LogP contribution >= 0.6 is 0 Å². The van der Waals surface area contributed by atoms with Gasteiger partial charge in [0, 0.05) is 18.5 Å². The van der Waals surface area contributed by atoms with E-state index in [-0.39, 0.29) is 12.5 Å². The van der Waals surface area contributed by atoms with Gasteiger partial charge in [-0.05, 0) is 24.6 Å². The van der Waals surface area contributed by atoms with Gasteiger partial charge in [0.25, 0.3) is 5.91 Å². The van der Waals surface area contributed by atoms with Crippen LogP contribution in [-0.4, -0.2) is 45.8 Å². The molecule has 0 unspecified atom stereocenters. The zero-order valence-electron chi connectivity index (χ0n) is 15.0. The van der Waals surface area contributed by atoms with Gasteiger partial charge in [0.2, 0.25) is 0 Å². The Bertz CT molecular complexity index is 884.